The number of aryl methyl sites for hydroxylation is 1. The molecule has 0 spiro atoms. The fourth-order valence-electron chi connectivity index (χ4n) is 1.61. The molecular formula is C14H16N2O. The van der Waals surface area contributed by atoms with E-state index < -0.39 is 0 Å². The Morgan fingerprint density at radius 3 is 2.82 bits per heavy atom. The Balaban J connectivity index is 2.02. The second kappa shape index (κ2) is 5.34. The SMILES string of the molecule is CCc1cccc(OCc2ccnc(N)c2)c1. The minimum atomic E-state index is 0.514. The van der Waals surface area contributed by atoms with Crippen LogP contribution in [0.25, 0.3) is 0 Å². The van der Waals surface area contributed by atoms with Gasteiger partial charge in [-0.3, -0.25) is 0 Å². The topological polar surface area (TPSA) is 48.1 Å². The highest BCUT2D eigenvalue weighted by molar-refractivity contribution is 5.32. The average molecular weight is 228 g/mol. The molecule has 1 heterocycles. The van der Waals surface area contributed by atoms with Crippen molar-refractivity contribution in [2.75, 3.05) is 5.73 Å². The lowest BCUT2D eigenvalue weighted by Gasteiger charge is -2.07. The van der Waals surface area contributed by atoms with E-state index in [-0.39, 0.29) is 0 Å². The first kappa shape index (κ1) is 11.5. The first-order chi connectivity index (χ1) is 8.28. The highest BCUT2D eigenvalue weighted by atomic mass is 16.5. The van der Waals surface area contributed by atoms with E-state index in [2.05, 4.69) is 24.0 Å². The molecule has 0 atom stereocenters. The predicted octanol–water partition coefficient (Wildman–Crippen LogP) is 2.81. The molecule has 88 valence electrons. The first-order valence-electron chi connectivity index (χ1n) is 5.70. The molecule has 0 saturated carbocycles. The fourth-order valence-corrected chi connectivity index (χ4v) is 1.61. The lowest BCUT2D eigenvalue weighted by Crippen LogP contribution is -1.98. The van der Waals surface area contributed by atoms with Gasteiger partial charge in [0.05, 0.1) is 0 Å². The number of nitrogens with two attached hydrogens (primary N) is 1. The zero-order valence-corrected chi connectivity index (χ0v) is 9.89. The van der Waals surface area contributed by atoms with Crippen molar-refractivity contribution in [1.29, 1.82) is 0 Å². The molecule has 0 amide bonds. The molecule has 0 unspecified atom stereocenters. The molecule has 0 aliphatic rings. The van der Waals surface area contributed by atoms with Crippen molar-refractivity contribution in [2.45, 2.75) is 20.0 Å². The molecule has 3 heteroatoms. The summed E-state index contributed by atoms with van der Waals surface area (Å²) in [7, 11) is 0. The molecule has 2 N–H and O–H groups in total. The Morgan fingerprint density at radius 2 is 2.06 bits per heavy atom. The van der Waals surface area contributed by atoms with Crippen molar-refractivity contribution < 1.29 is 4.74 Å². The zero-order chi connectivity index (χ0) is 12.1. The largest absolute Gasteiger partial charge is 0.489 e. The smallest absolute Gasteiger partial charge is 0.123 e. The van der Waals surface area contributed by atoms with E-state index >= 15 is 0 Å². The maximum Gasteiger partial charge on any atom is 0.123 e. The Bertz CT molecular complexity index is 497. The normalized spacial score (nSPS) is 10.2. The van der Waals surface area contributed by atoms with Gasteiger partial charge in [-0.15, -0.1) is 0 Å². The third-order valence-electron chi connectivity index (χ3n) is 2.56. The third-order valence-corrected chi connectivity index (χ3v) is 2.56. The van der Waals surface area contributed by atoms with Gasteiger partial charge < -0.3 is 10.5 Å². The summed E-state index contributed by atoms with van der Waals surface area (Å²) in [5.41, 5.74) is 7.91. The molecule has 0 bridgehead atoms. The van der Waals surface area contributed by atoms with E-state index in [1.807, 2.05) is 24.3 Å². The number of nitrogens with zero attached hydrogens (tertiary/aromatic N) is 1. The van der Waals surface area contributed by atoms with Crippen LogP contribution < -0.4 is 10.5 Å². The number of nitrogen functional groups attached to an aromatic ring is 1. The lowest BCUT2D eigenvalue weighted by molar-refractivity contribution is 0.306. The molecule has 3 nitrogen and oxygen atoms in total. The van der Waals surface area contributed by atoms with Crippen LogP contribution in [-0.2, 0) is 13.0 Å². The van der Waals surface area contributed by atoms with Gasteiger partial charge in [0, 0.05) is 6.20 Å². The number of aromatic nitrogens is 1. The average Bonchev–Trinajstić information content (AvgIpc) is 2.37. The Labute approximate surface area is 101 Å². The van der Waals surface area contributed by atoms with Gasteiger partial charge in [0.25, 0.3) is 0 Å². The minimum Gasteiger partial charge on any atom is -0.489 e. The Kier molecular flexibility index (Phi) is 3.60. The van der Waals surface area contributed by atoms with E-state index in [0.717, 1.165) is 17.7 Å². The summed E-state index contributed by atoms with van der Waals surface area (Å²) in [6.45, 7) is 2.64. The molecule has 0 aliphatic carbocycles. The number of hydrogen-bond acceptors (Lipinski definition) is 3. The number of hydrogen-bond donors (Lipinski definition) is 1. The van der Waals surface area contributed by atoms with Crippen LogP contribution in [0, 0.1) is 0 Å². The first-order valence-corrected chi connectivity index (χ1v) is 5.70. The molecule has 1 aromatic heterocycles. The van der Waals surface area contributed by atoms with E-state index in [1.165, 1.54) is 5.56 Å². The van der Waals surface area contributed by atoms with E-state index in [0.29, 0.717) is 12.4 Å². The van der Waals surface area contributed by atoms with Crippen LogP contribution in [0.3, 0.4) is 0 Å². The van der Waals surface area contributed by atoms with Gasteiger partial charge in [-0.05, 0) is 41.8 Å². The fraction of sp³-hybridized carbons (Fsp3) is 0.214. The van der Waals surface area contributed by atoms with Crippen molar-refractivity contribution >= 4 is 5.82 Å². The standard InChI is InChI=1S/C14H16N2O/c1-2-11-4-3-5-13(8-11)17-10-12-6-7-16-14(15)9-12/h3-9H,2,10H2,1H3,(H2,15,16). The second-order valence-corrected chi connectivity index (χ2v) is 3.88. The van der Waals surface area contributed by atoms with Crippen LogP contribution in [-0.4, -0.2) is 4.98 Å². The summed E-state index contributed by atoms with van der Waals surface area (Å²) in [5.74, 6) is 1.41. The van der Waals surface area contributed by atoms with E-state index in [1.54, 1.807) is 6.20 Å². The Morgan fingerprint density at radius 1 is 1.18 bits per heavy atom. The molecule has 0 radical (unpaired) electrons. The van der Waals surface area contributed by atoms with Crippen molar-refractivity contribution in [3.05, 3.63) is 53.7 Å². The van der Waals surface area contributed by atoms with Crippen molar-refractivity contribution in [2.24, 2.45) is 0 Å². The molecular weight excluding hydrogens is 212 g/mol. The van der Waals surface area contributed by atoms with Gasteiger partial charge in [0.2, 0.25) is 0 Å². The predicted molar refractivity (Wildman–Crippen MR) is 68.8 cm³/mol. The monoisotopic (exact) mass is 228 g/mol. The van der Waals surface area contributed by atoms with Gasteiger partial charge in [-0.1, -0.05) is 19.1 Å². The highest BCUT2D eigenvalue weighted by Gasteiger charge is 1.98. The Hall–Kier alpha value is -2.03. The number of rotatable bonds is 4. The summed E-state index contributed by atoms with van der Waals surface area (Å²) >= 11 is 0. The molecule has 0 aliphatic heterocycles. The summed E-state index contributed by atoms with van der Waals surface area (Å²) in [6, 6.07) is 11.9. The van der Waals surface area contributed by atoms with Crippen LogP contribution in [0.5, 0.6) is 5.75 Å². The third kappa shape index (κ3) is 3.21. The molecule has 17 heavy (non-hydrogen) atoms. The van der Waals surface area contributed by atoms with Crippen LogP contribution >= 0.6 is 0 Å². The van der Waals surface area contributed by atoms with E-state index in [4.69, 9.17) is 10.5 Å². The minimum absolute atomic E-state index is 0.514. The number of benzene rings is 1. The van der Waals surface area contributed by atoms with Gasteiger partial charge in [0.15, 0.2) is 0 Å². The maximum atomic E-state index is 5.71. The highest BCUT2D eigenvalue weighted by Crippen LogP contribution is 2.15. The van der Waals surface area contributed by atoms with Crippen LogP contribution in [0.4, 0.5) is 5.82 Å². The van der Waals surface area contributed by atoms with Gasteiger partial charge >= 0.3 is 0 Å². The van der Waals surface area contributed by atoms with Gasteiger partial charge in [-0.2, -0.15) is 0 Å². The summed E-state index contributed by atoms with van der Waals surface area (Å²) in [4.78, 5) is 3.94. The zero-order valence-electron chi connectivity index (χ0n) is 9.89. The van der Waals surface area contributed by atoms with Crippen LogP contribution in [0.15, 0.2) is 42.6 Å². The van der Waals surface area contributed by atoms with E-state index in [9.17, 15) is 0 Å². The summed E-state index contributed by atoms with van der Waals surface area (Å²) in [5, 5.41) is 0. The number of pyridine rings is 1. The summed E-state index contributed by atoms with van der Waals surface area (Å²) < 4.78 is 5.71. The maximum absolute atomic E-state index is 5.71. The van der Waals surface area contributed by atoms with Crippen molar-refractivity contribution in [3.63, 3.8) is 0 Å². The molecule has 1 aromatic carbocycles. The molecule has 0 saturated heterocycles. The molecule has 0 fully saturated rings. The lowest BCUT2D eigenvalue weighted by atomic mass is 10.2. The van der Waals surface area contributed by atoms with Crippen molar-refractivity contribution in [1.82, 2.24) is 4.98 Å². The molecule has 2 rings (SSSR count). The number of ether oxygens (including phenoxy) is 1. The van der Waals surface area contributed by atoms with Crippen LogP contribution in [0.2, 0.25) is 0 Å². The van der Waals surface area contributed by atoms with Crippen molar-refractivity contribution in [3.8, 4) is 5.75 Å². The van der Waals surface area contributed by atoms with Gasteiger partial charge in [0.1, 0.15) is 18.2 Å². The second-order valence-electron chi connectivity index (χ2n) is 3.88. The number of anilines is 1. The molecule has 2 aromatic rings. The quantitative estimate of drug-likeness (QED) is 0.875. The summed E-state index contributed by atoms with van der Waals surface area (Å²) in [6.07, 6.45) is 2.70. The van der Waals surface area contributed by atoms with Gasteiger partial charge in [-0.25, -0.2) is 4.98 Å². The van der Waals surface area contributed by atoms with Crippen LogP contribution in [0.1, 0.15) is 18.1 Å².